The van der Waals surface area contributed by atoms with E-state index in [4.69, 9.17) is 20.8 Å². The van der Waals surface area contributed by atoms with Crippen LogP contribution in [0.25, 0.3) is 0 Å². The summed E-state index contributed by atoms with van der Waals surface area (Å²) in [5.41, 5.74) is 1.10. The van der Waals surface area contributed by atoms with Crippen molar-refractivity contribution in [3.05, 3.63) is 77.2 Å². The minimum atomic E-state index is -0.160. The summed E-state index contributed by atoms with van der Waals surface area (Å²) in [5, 5.41) is 0.705. The monoisotopic (exact) mass is 411 g/mol. The molecule has 150 valence electrons. The van der Waals surface area contributed by atoms with Crippen molar-refractivity contribution in [2.75, 3.05) is 13.2 Å². The first kappa shape index (κ1) is 19.5. The maximum absolute atomic E-state index is 12.8. The van der Waals surface area contributed by atoms with Gasteiger partial charge in [-0.25, -0.2) is 4.98 Å². The van der Waals surface area contributed by atoms with Crippen molar-refractivity contribution in [1.29, 1.82) is 0 Å². The summed E-state index contributed by atoms with van der Waals surface area (Å²) >= 11 is 5.94. The zero-order valence-electron chi connectivity index (χ0n) is 16.0. The Morgan fingerprint density at radius 3 is 2.86 bits per heavy atom. The number of pyridine rings is 1. The second-order valence-electron chi connectivity index (χ2n) is 7.04. The first-order chi connectivity index (χ1) is 14.2. The normalized spacial score (nSPS) is 16.6. The summed E-state index contributed by atoms with van der Waals surface area (Å²) < 4.78 is 11.6. The van der Waals surface area contributed by atoms with Crippen LogP contribution in [-0.4, -0.2) is 33.9 Å². The van der Waals surface area contributed by atoms with Crippen LogP contribution in [0.15, 0.2) is 59.4 Å². The molecule has 4 rings (SSSR count). The largest absolute Gasteiger partial charge is 0.482 e. The Bertz CT molecular complexity index is 943. The summed E-state index contributed by atoms with van der Waals surface area (Å²) in [6.45, 7) is 0.648. The summed E-state index contributed by atoms with van der Waals surface area (Å²) in [6.07, 6.45) is 8.47. The van der Waals surface area contributed by atoms with Crippen molar-refractivity contribution in [3.63, 3.8) is 0 Å². The van der Waals surface area contributed by atoms with E-state index < -0.39 is 0 Å². The van der Waals surface area contributed by atoms with Gasteiger partial charge < -0.3 is 14.1 Å². The molecule has 1 saturated heterocycles. The third-order valence-corrected chi connectivity index (χ3v) is 5.22. The fraction of sp³-hybridized carbons (Fsp3) is 0.318. The van der Waals surface area contributed by atoms with Gasteiger partial charge >= 0.3 is 0 Å². The molecule has 3 heterocycles. The Hall–Kier alpha value is -2.86. The highest BCUT2D eigenvalue weighted by Gasteiger charge is 2.31. The van der Waals surface area contributed by atoms with Crippen molar-refractivity contribution in [2.24, 2.45) is 0 Å². The van der Waals surface area contributed by atoms with Crippen molar-refractivity contribution in [2.45, 2.75) is 31.7 Å². The lowest BCUT2D eigenvalue weighted by Gasteiger charge is -2.33. The van der Waals surface area contributed by atoms with E-state index in [0.717, 1.165) is 30.6 Å². The summed E-state index contributed by atoms with van der Waals surface area (Å²) in [4.78, 5) is 23.1. The average molecular weight is 412 g/mol. The quantitative estimate of drug-likeness (QED) is 0.599. The second-order valence-corrected chi connectivity index (χ2v) is 7.48. The molecule has 7 heteroatoms. The highest BCUT2D eigenvalue weighted by atomic mass is 35.5. The van der Waals surface area contributed by atoms with E-state index in [0.29, 0.717) is 29.6 Å². The maximum atomic E-state index is 12.8. The zero-order chi connectivity index (χ0) is 20.1. The number of amides is 1. The van der Waals surface area contributed by atoms with E-state index >= 15 is 0 Å². The van der Waals surface area contributed by atoms with Crippen LogP contribution < -0.4 is 4.74 Å². The van der Waals surface area contributed by atoms with Crippen molar-refractivity contribution >= 4 is 17.5 Å². The van der Waals surface area contributed by atoms with Crippen LogP contribution in [0.2, 0.25) is 5.02 Å². The third kappa shape index (κ3) is 4.95. The zero-order valence-corrected chi connectivity index (χ0v) is 16.7. The predicted octanol–water partition coefficient (Wildman–Crippen LogP) is 4.45. The molecule has 0 spiro atoms. The maximum Gasteiger partial charge on any atom is 0.261 e. The molecule has 0 unspecified atom stereocenters. The van der Waals surface area contributed by atoms with Gasteiger partial charge in [0.25, 0.3) is 5.91 Å². The minimum Gasteiger partial charge on any atom is -0.482 e. The second kappa shape index (κ2) is 9.09. The van der Waals surface area contributed by atoms with Gasteiger partial charge in [-0.05, 0) is 49.1 Å². The van der Waals surface area contributed by atoms with E-state index in [9.17, 15) is 4.79 Å². The molecule has 29 heavy (non-hydrogen) atoms. The minimum absolute atomic E-state index is 0.0272. The molecule has 1 amide bonds. The van der Waals surface area contributed by atoms with E-state index in [1.54, 1.807) is 30.7 Å². The van der Waals surface area contributed by atoms with Gasteiger partial charge in [-0.15, -0.1) is 0 Å². The number of aromatic nitrogens is 2. The van der Waals surface area contributed by atoms with E-state index in [2.05, 4.69) is 9.97 Å². The van der Waals surface area contributed by atoms with Gasteiger partial charge in [0.1, 0.15) is 17.6 Å². The van der Waals surface area contributed by atoms with Gasteiger partial charge in [-0.3, -0.25) is 9.78 Å². The Balaban J connectivity index is 1.42. The number of likely N-dealkylation sites (tertiary alicyclic amines) is 1. The van der Waals surface area contributed by atoms with Crippen molar-refractivity contribution in [3.8, 4) is 5.75 Å². The number of carbonyl (C=O) groups excluding carboxylic acids is 1. The Labute approximate surface area is 174 Å². The molecule has 1 aliphatic rings. The number of hydrogen-bond donors (Lipinski definition) is 0. The highest BCUT2D eigenvalue weighted by Crippen LogP contribution is 2.31. The fourth-order valence-corrected chi connectivity index (χ4v) is 3.64. The number of oxazole rings is 1. The molecule has 0 aliphatic carbocycles. The smallest absolute Gasteiger partial charge is 0.261 e. The number of halogens is 1. The SMILES string of the molecule is O=C(COc1cccnc1)N1CCCC[C@H]1c1ncc(Cc2ccc(Cl)cc2)o1. The van der Waals surface area contributed by atoms with Crippen LogP contribution >= 0.6 is 11.6 Å². The van der Waals surface area contributed by atoms with Gasteiger partial charge in [0.15, 0.2) is 6.61 Å². The number of hydrogen-bond acceptors (Lipinski definition) is 5. The molecule has 0 saturated carbocycles. The van der Waals surface area contributed by atoms with Crippen LogP contribution in [0.1, 0.15) is 42.5 Å². The molecule has 1 fully saturated rings. The summed E-state index contributed by atoms with van der Waals surface area (Å²) in [7, 11) is 0. The Kier molecular flexibility index (Phi) is 6.10. The van der Waals surface area contributed by atoms with Crippen molar-refractivity contribution < 1.29 is 13.9 Å². The van der Waals surface area contributed by atoms with Crippen LogP contribution in [0.5, 0.6) is 5.75 Å². The highest BCUT2D eigenvalue weighted by molar-refractivity contribution is 6.30. The van der Waals surface area contributed by atoms with Crippen LogP contribution in [0.3, 0.4) is 0 Å². The molecule has 0 bridgehead atoms. The number of nitrogens with zero attached hydrogens (tertiary/aromatic N) is 3. The topological polar surface area (TPSA) is 68.5 Å². The van der Waals surface area contributed by atoms with E-state index in [1.807, 2.05) is 29.2 Å². The Morgan fingerprint density at radius 1 is 1.21 bits per heavy atom. The molecular weight excluding hydrogens is 390 g/mol. The van der Waals surface area contributed by atoms with E-state index in [1.165, 1.54) is 0 Å². The average Bonchev–Trinajstić information content (AvgIpc) is 3.23. The summed E-state index contributed by atoms with van der Waals surface area (Å²) in [6, 6.07) is 11.1. The van der Waals surface area contributed by atoms with Gasteiger partial charge in [0, 0.05) is 24.2 Å². The molecule has 3 aromatic rings. The molecule has 1 aliphatic heterocycles. The first-order valence-corrected chi connectivity index (χ1v) is 10.1. The standard InChI is InChI=1S/C22H22ClN3O3/c23-17-8-6-16(7-9-17)12-19-14-25-22(29-19)20-5-1-2-11-26(20)21(27)15-28-18-4-3-10-24-13-18/h3-4,6-10,13-14,20H,1-2,5,11-12,15H2/t20-/m0/s1. The predicted molar refractivity (Wildman–Crippen MR) is 109 cm³/mol. The van der Waals surface area contributed by atoms with Crippen molar-refractivity contribution in [1.82, 2.24) is 14.9 Å². The Morgan fingerprint density at radius 2 is 2.07 bits per heavy atom. The number of ether oxygens (including phenoxy) is 1. The lowest BCUT2D eigenvalue weighted by molar-refractivity contribution is -0.137. The lowest BCUT2D eigenvalue weighted by atomic mass is 10.0. The van der Waals surface area contributed by atoms with Gasteiger partial charge in [-0.2, -0.15) is 0 Å². The molecular formula is C22H22ClN3O3. The first-order valence-electron chi connectivity index (χ1n) is 9.70. The molecule has 0 radical (unpaired) electrons. The molecule has 0 N–H and O–H groups in total. The number of carbonyl (C=O) groups is 1. The van der Waals surface area contributed by atoms with Gasteiger partial charge in [0.05, 0.1) is 12.4 Å². The third-order valence-electron chi connectivity index (χ3n) is 4.97. The lowest BCUT2D eigenvalue weighted by Crippen LogP contribution is -2.41. The number of piperidine rings is 1. The number of rotatable bonds is 6. The number of benzene rings is 1. The van der Waals surface area contributed by atoms with Crippen LogP contribution in [-0.2, 0) is 11.2 Å². The molecule has 1 aromatic carbocycles. The molecule has 6 nitrogen and oxygen atoms in total. The van der Waals surface area contributed by atoms with Gasteiger partial charge in [-0.1, -0.05) is 23.7 Å². The molecule has 1 atom stereocenters. The molecule has 2 aromatic heterocycles. The summed E-state index contributed by atoms with van der Waals surface area (Å²) in [5.74, 6) is 1.86. The van der Waals surface area contributed by atoms with Gasteiger partial charge in [0.2, 0.25) is 5.89 Å². The van der Waals surface area contributed by atoms with Crippen LogP contribution in [0.4, 0.5) is 0 Å². The van der Waals surface area contributed by atoms with Crippen LogP contribution in [0, 0.1) is 0 Å². The fourth-order valence-electron chi connectivity index (χ4n) is 3.51. The van der Waals surface area contributed by atoms with E-state index in [-0.39, 0.29) is 18.6 Å².